The van der Waals surface area contributed by atoms with Gasteiger partial charge in [-0.25, -0.2) is 4.98 Å². The van der Waals surface area contributed by atoms with E-state index in [2.05, 4.69) is 58.8 Å². The zero-order valence-corrected chi connectivity index (χ0v) is 15.7. The Kier molecular flexibility index (Phi) is 7.67. The number of aromatic nitrogens is 1. The third-order valence-corrected chi connectivity index (χ3v) is 4.78. The van der Waals surface area contributed by atoms with Gasteiger partial charge >= 0.3 is 0 Å². The van der Waals surface area contributed by atoms with Crippen molar-refractivity contribution in [2.45, 2.75) is 60.4 Å². The smallest absolute Gasteiger partial charge is 0.185 e. The molecule has 0 spiro atoms. The molecule has 3 nitrogen and oxygen atoms in total. The van der Waals surface area contributed by atoms with Gasteiger partial charge in [-0.3, -0.25) is 0 Å². The van der Waals surface area contributed by atoms with Crippen LogP contribution in [0.5, 0.6) is 0 Å². The zero-order valence-electron chi connectivity index (χ0n) is 14.9. The zero-order chi connectivity index (χ0) is 16.0. The van der Waals surface area contributed by atoms with Gasteiger partial charge in [0.05, 0.1) is 5.69 Å². The average Bonchev–Trinajstić information content (AvgIpc) is 2.81. The van der Waals surface area contributed by atoms with Crippen LogP contribution >= 0.6 is 11.3 Å². The molecule has 1 aromatic rings. The molecule has 1 rings (SSSR count). The topological polar surface area (TPSA) is 28.2 Å². The van der Waals surface area contributed by atoms with Gasteiger partial charge in [0.15, 0.2) is 5.13 Å². The highest BCUT2D eigenvalue weighted by molar-refractivity contribution is 7.15. The number of nitrogens with one attached hydrogen (secondary N) is 1. The second-order valence-corrected chi connectivity index (χ2v) is 7.98. The van der Waals surface area contributed by atoms with Crippen LogP contribution in [0.2, 0.25) is 0 Å². The van der Waals surface area contributed by atoms with E-state index in [0.717, 1.165) is 26.1 Å². The van der Waals surface area contributed by atoms with E-state index in [1.54, 1.807) is 0 Å². The summed E-state index contributed by atoms with van der Waals surface area (Å²) in [5, 5.41) is 4.73. The van der Waals surface area contributed by atoms with Gasteiger partial charge < -0.3 is 10.2 Å². The number of anilines is 1. The van der Waals surface area contributed by atoms with Crippen molar-refractivity contribution in [3.63, 3.8) is 0 Å². The summed E-state index contributed by atoms with van der Waals surface area (Å²) in [7, 11) is 2.16. The molecule has 0 fully saturated rings. The van der Waals surface area contributed by atoms with Crippen molar-refractivity contribution in [2.24, 2.45) is 11.8 Å². The number of hydrogen-bond donors (Lipinski definition) is 1. The molecule has 1 aromatic heterocycles. The molecule has 0 aliphatic rings. The van der Waals surface area contributed by atoms with Crippen LogP contribution in [-0.4, -0.2) is 25.1 Å². The van der Waals surface area contributed by atoms with E-state index in [9.17, 15) is 0 Å². The van der Waals surface area contributed by atoms with Crippen molar-refractivity contribution in [3.8, 4) is 0 Å². The lowest BCUT2D eigenvalue weighted by Crippen LogP contribution is -2.22. The first-order valence-electron chi connectivity index (χ1n) is 8.26. The summed E-state index contributed by atoms with van der Waals surface area (Å²) in [4.78, 5) is 8.65. The minimum Gasteiger partial charge on any atom is -0.351 e. The predicted octanol–water partition coefficient (Wildman–Crippen LogP) is 4.49. The molecule has 0 radical (unpaired) electrons. The monoisotopic (exact) mass is 311 g/mol. The standard InChI is InChI=1S/C17H33N3S/c1-8-14(6)16-15(10-18-9-12(2)3)21-17(19-16)20(7)11-13(4)5/h12-14,18H,8-11H2,1-7H3. The molecule has 1 N–H and O–H groups in total. The van der Waals surface area contributed by atoms with Crippen LogP contribution < -0.4 is 10.2 Å². The van der Waals surface area contributed by atoms with Crippen LogP contribution in [-0.2, 0) is 6.54 Å². The van der Waals surface area contributed by atoms with E-state index >= 15 is 0 Å². The first-order valence-corrected chi connectivity index (χ1v) is 9.08. The van der Waals surface area contributed by atoms with Crippen LogP contribution in [0.1, 0.15) is 64.5 Å². The maximum absolute atomic E-state index is 4.94. The van der Waals surface area contributed by atoms with Crippen molar-refractivity contribution in [1.82, 2.24) is 10.3 Å². The molecular formula is C17H33N3S. The van der Waals surface area contributed by atoms with Crippen molar-refractivity contribution in [1.29, 1.82) is 0 Å². The van der Waals surface area contributed by atoms with Gasteiger partial charge in [0.1, 0.15) is 0 Å². The van der Waals surface area contributed by atoms with Crippen LogP contribution in [0.4, 0.5) is 5.13 Å². The molecule has 0 aliphatic carbocycles. The molecule has 0 bridgehead atoms. The number of nitrogens with zero attached hydrogens (tertiary/aromatic N) is 2. The molecule has 0 saturated heterocycles. The van der Waals surface area contributed by atoms with E-state index in [-0.39, 0.29) is 0 Å². The molecule has 0 aliphatic heterocycles. The van der Waals surface area contributed by atoms with Gasteiger partial charge in [-0.15, -0.1) is 11.3 Å². The van der Waals surface area contributed by atoms with Crippen molar-refractivity contribution in [2.75, 3.05) is 25.0 Å². The molecule has 4 heteroatoms. The highest BCUT2D eigenvalue weighted by Crippen LogP contribution is 2.32. The lowest BCUT2D eigenvalue weighted by atomic mass is 10.0. The van der Waals surface area contributed by atoms with Crippen LogP contribution in [0.25, 0.3) is 0 Å². The van der Waals surface area contributed by atoms with Crippen molar-refractivity contribution < 1.29 is 0 Å². The maximum Gasteiger partial charge on any atom is 0.185 e. The molecule has 1 atom stereocenters. The van der Waals surface area contributed by atoms with Gasteiger partial charge in [-0.1, -0.05) is 41.5 Å². The second kappa shape index (κ2) is 8.74. The Labute approximate surface area is 135 Å². The highest BCUT2D eigenvalue weighted by atomic mass is 32.1. The summed E-state index contributed by atoms with van der Waals surface area (Å²) in [5.41, 5.74) is 1.30. The molecule has 21 heavy (non-hydrogen) atoms. The highest BCUT2D eigenvalue weighted by Gasteiger charge is 2.18. The molecule has 122 valence electrons. The Balaban J connectivity index is 2.85. The van der Waals surface area contributed by atoms with Gasteiger partial charge in [-0.2, -0.15) is 0 Å². The number of thiazole rings is 1. The maximum atomic E-state index is 4.94. The minimum atomic E-state index is 0.540. The minimum absolute atomic E-state index is 0.540. The lowest BCUT2D eigenvalue weighted by Gasteiger charge is -2.17. The first-order chi connectivity index (χ1) is 9.85. The average molecular weight is 312 g/mol. The Morgan fingerprint density at radius 2 is 1.81 bits per heavy atom. The molecule has 0 saturated carbocycles. The first kappa shape index (κ1) is 18.4. The molecular weight excluding hydrogens is 278 g/mol. The van der Waals surface area contributed by atoms with E-state index in [1.165, 1.54) is 15.7 Å². The van der Waals surface area contributed by atoms with Crippen molar-refractivity contribution in [3.05, 3.63) is 10.6 Å². The summed E-state index contributed by atoms with van der Waals surface area (Å²) in [5.74, 6) is 1.89. The Morgan fingerprint density at radius 3 is 2.33 bits per heavy atom. The van der Waals surface area contributed by atoms with Gasteiger partial charge in [0.2, 0.25) is 0 Å². The van der Waals surface area contributed by atoms with Crippen molar-refractivity contribution >= 4 is 16.5 Å². The Bertz CT molecular complexity index is 412. The quantitative estimate of drug-likeness (QED) is 0.728. The SMILES string of the molecule is CCC(C)c1nc(N(C)CC(C)C)sc1CNCC(C)C. The number of rotatable bonds is 9. The fraction of sp³-hybridized carbons (Fsp3) is 0.824. The van der Waals surface area contributed by atoms with Gasteiger partial charge in [0, 0.05) is 25.0 Å². The largest absolute Gasteiger partial charge is 0.351 e. The fourth-order valence-corrected chi connectivity index (χ4v) is 3.44. The summed E-state index contributed by atoms with van der Waals surface area (Å²) in [6.07, 6.45) is 1.15. The second-order valence-electron chi connectivity index (χ2n) is 6.91. The fourth-order valence-electron chi connectivity index (χ4n) is 2.32. The van der Waals surface area contributed by atoms with E-state index in [4.69, 9.17) is 4.98 Å². The van der Waals surface area contributed by atoms with Crippen LogP contribution in [0.15, 0.2) is 0 Å². The van der Waals surface area contributed by atoms with Gasteiger partial charge in [-0.05, 0) is 30.7 Å². The van der Waals surface area contributed by atoms with Gasteiger partial charge in [0.25, 0.3) is 0 Å². The van der Waals surface area contributed by atoms with Crippen LogP contribution in [0, 0.1) is 11.8 Å². The molecule has 0 amide bonds. The normalized spacial score (nSPS) is 13.2. The van der Waals surface area contributed by atoms with Crippen LogP contribution in [0.3, 0.4) is 0 Å². The molecule has 0 aromatic carbocycles. The van der Waals surface area contributed by atoms with E-state index in [0.29, 0.717) is 17.8 Å². The molecule has 1 heterocycles. The summed E-state index contributed by atoms with van der Waals surface area (Å²) in [6.45, 7) is 16.6. The summed E-state index contributed by atoms with van der Waals surface area (Å²) >= 11 is 1.86. The third-order valence-electron chi connectivity index (χ3n) is 3.60. The van der Waals surface area contributed by atoms with E-state index < -0.39 is 0 Å². The summed E-state index contributed by atoms with van der Waals surface area (Å²) < 4.78 is 0. The Hall–Kier alpha value is -0.610. The predicted molar refractivity (Wildman–Crippen MR) is 95.5 cm³/mol. The van der Waals surface area contributed by atoms with E-state index in [1.807, 2.05) is 11.3 Å². The molecule has 1 unspecified atom stereocenters. The summed E-state index contributed by atoms with van der Waals surface area (Å²) in [6, 6.07) is 0. The third kappa shape index (κ3) is 5.95. The Morgan fingerprint density at radius 1 is 1.14 bits per heavy atom. The lowest BCUT2D eigenvalue weighted by molar-refractivity contribution is 0.551. The number of hydrogen-bond acceptors (Lipinski definition) is 4.